The van der Waals surface area contributed by atoms with Crippen LogP contribution in [0.25, 0.3) is 0 Å². The molecule has 0 heterocycles. The predicted octanol–water partition coefficient (Wildman–Crippen LogP) is 2.16. The van der Waals surface area contributed by atoms with E-state index in [4.69, 9.17) is 0 Å². The second-order valence-electron chi connectivity index (χ2n) is 3.52. The molecule has 0 N–H and O–H groups in total. The van der Waals surface area contributed by atoms with Crippen molar-refractivity contribution < 1.29 is 4.79 Å². The molecule has 0 aliphatic rings. The van der Waals surface area contributed by atoms with Gasteiger partial charge in [0.1, 0.15) is 0 Å². The Kier molecular flexibility index (Phi) is 3.55. The van der Waals surface area contributed by atoms with Crippen LogP contribution in [-0.4, -0.2) is 19.6 Å². The van der Waals surface area contributed by atoms with Gasteiger partial charge in [-0.2, -0.15) is 0 Å². The van der Waals surface area contributed by atoms with E-state index in [2.05, 4.69) is 0 Å². The normalized spacial score (nSPS) is 10.1. The third-order valence-corrected chi connectivity index (χ3v) is 4.23. The first-order valence-electron chi connectivity index (χ1n) is 5.10. The molecular weight excluding hydrogens is 263 g/mol. The van der Waals surface area contributed by atoms with E-state index in [1.807, 2.05) is 61.5 Å². The van der Waals surface area contributed by atoms with Gasteiger partial charge in [-0.3, -0.25) is 0 Å². The van der Waals surface area contributed by atoms with Gasteiger partial charge in [0.25, 0.3) is 0 Å². The van der Waals surface area contributed by atoms with Gasteiger partial charge in [-0.25, -0.2) is 0 Å². The van der Waals surface area contributed by atoms with Crippen molar-refractivity contribution in [3.63, 3.8) is 0 Å². The second kappa shape index (κ2) is 5.11. The van der Waals surface area contributed by atoms with E-state index in [1.54, 1.807) is 0 Å². The van der Waals surface area contributed by atoms with Crippen LogP contribution < -0.4 is 4.46 Å². The molecule has 0 aliphatic carbocycles. The molecule has 16 heavy (non-hydrogen) atoms. The summed E-state index contributed by atoms with van der Waals surface area (Å²) in [6, 6.07) is 17.7. The molecule has 0 fully saturated rings. The van der Waals surface area contributed by atoms with Gasteiger partial charge in [0.15, 0.2) is 0 Å². The van der Waals surface area contributed by atoms with Crippen LogP contribution in [0.5, 0.6) is 0 Å². The molecular formula is C14H12OSe. The van der Waals surface area contributed by atoms with E-state index >= 15 is 0 Å². The fourth-order valence-corrected chi connectivity index (χ4v) is 3.23. The molecule has 0 aromatic heterocycles. The van der Waals surface area contributed by atoms with Crippen LogP contribution in [-0.2, 0) is 0 Å². The van der Waals surface area contributed by atoms with Crippen molar-refractivity contribution in [1.29, 1.82) is 0 Å². The van der Waals surface area contributed by atoms with Crippen LogP contribution >= 0.6 is 0 Å². The van der Waals surface area contributed by atoms with Crippen molar-refractivity contribution in [2.24, 2.45) is 0 Å². The predicted molar refractivity (Wildman–Crippen MR) is 67.3 cm³/mol. The number of rotatable bonds is 3. The SMILES string of the molecule is Cc1ccccc1C(=O)[Se]c1ccccc1. The molecule has 0 atom stereocenters. The molecule has 0 radical (unpaired) electrons. The number of carbonyl (C=O) groups excluding carboxylic acids is 1. The average Bonchev–Trinajstić information content (AvgIpc) is 2.31. The number of aryl methyl sites for hydroxylation is 1. The Hall–Kier alpha value is -1.37. The van der Waals surface area contributed by atoms with Crippen LogP contribution in [0.1, 0.15) is 15.9 Å². The van der Waals surface area contributed by atoms with Crippen LogP contribution in [0.15, 0.2) is 54.6 Å². The van der Waals surface area contributed by atoms with Gasteiger partial charge in [0, 0.05) is 0 Å². The number of carbonyl (C=O) groups is 1. The topological polar surface area (TPSA) is 17.1 Å². The van der Waals surface area contributed by atoms with Gasteiger partial charge < -0.3 is 0 Å². The molecule has 0 bridgehead atoms. The second-order valence-corrected chi connectivity index (χ2v) is 5.71. The molecule has 0 saturated heterocycles. The van der Waals surface area contributed by atoms with E-state index in [9.17, 15) is 4.79 Å². The molecule has 2 heteroatoms. The monoisotopic (exact) mass is 276 g/mol. The Balaban J connectivity index is 2.19. The fraction of sp³-hybridized carbons (Fsp3) is 0.0714. The van der Waals surface area contributed by atoms with E-state index < -0.39 is 0 Å². The summed E-state index contributed by atoms with van der Waals surface area (Å²) in [6.07, 6.45) is 0. The van der Waals surface area contributed by atoms with Crippen molar-refractivity contribution in [3.05, 3.63) is 65.7 Å². The molecule has 0 unspecified atom stereocenters. The van der Waals surface area contributed by atoms with E-state index in [0.29, 0.717) is 0 Å². The van der Waals surface area contributed by atoms with E-state index in [1.165, 1.54) is 0 Å². The summed E-state index contributed by atoms with van der Waals surface area (Å²) in [5, 5.41) is 0. The van der Waals surface area contributed by atoms with Crippen molar-refractivity contribution in [1.82, 2.24) is 0 Å². The Morgan fingerprint density at radius 1 is 0.938 bits per heavy atom. The average molecular weight is 275 g/mol. The number of benzene rings is 2. The molecule has 2 aromatic carbocycles. The summed E-state index contributed by atoms with van der Waals surface area (Å²) in [5.74, 6) is 0. The molecule has 0 aliphatic heterocycles. The quantitative estimate of drug-likeness (QED) is 0.785. The molecule has 2 rings (SSSR count). The molecule has 2 aromatic rings. The summed E-state index contributed by atoms with van der Waals surface area (Å²) in [5.41, 5.74) is 1.91. The molecule has 0 amide bonds. The zero-order valence-electron chi connectivity index (χ0n) is 9.01. The molecule has 80 valence electrons. The van der Waals surface area contributed by atoms with Gasteiger partial charge in [-0.15, -0.1) is 0 Å². The van der Waals surface area contributed by atoms with Crippen molar-refractivity contribution in [2.45, 2.75) is 6.92 Å². The Morgan fingerprint density at radius 2 is 1.56 bits per heavy atom. The van der Waals surface area contributed by atoms with Gasteiger partial charge in [0.05, 0.1) is 0 Å². The van der Waals surface area contributed by atoms with Crippen LogP contribution in [0.3, 0.4) is 0 Å². The Bertz CT molecular complexity index is 491. The summed E-state index contributed by atoms with van der Waals surface area (Å²) in [4.78, 5) is 12.1. The third kappa shape index (κ3) is 2.60. The van der Waals surface area contributed by atoms with Crippen molar-refractivity contribution in [3.8, 4) is 0 Å². The van der Waals surface area contributed by atoms with Crippen LogP contribution in [0, 0.1) is 6.92 Å². The first kappa shape index (κ1) is 11.1. The molecule has 0 spiro atoms. The van der Waals surface area contributed by atoms with Crippen molar-refractivity contribution in [2.75, 3.05) is 0 Å². The third-order valence-electron chi connectivity index (χ3n) is 2.32. The fourth-order valence-electron chi connectivity index (χ4n) is 1.45. The number of hydrogen-bond acceptors (Lipinski definition) is 1. The maximum atomic E-state index is 12.1. The van der Waals surface area contributed by atoms with Gasteiger partial charge in [0.2, 0.25) is 0 Å². The summed E-state index contributed by atoms with van der Waals surface area (Å²) in [6.45, 7) is 1.98. The Morgan fingerprint density at radius 3 is 2.25 bits per heavy atom. The zero-order chi connectivity index (χ0) is 11.4. The maximum absolute atomic E-state index is 12.1. The first-order chi connectivity index (χ1) is 7.77. The van der Waals surface area contributed by atoms with Gasteiger partial charge in [-0.05, 0) is 0 Å². The van der Waals surface area contributed by atoms with E-state index in [-0.39, 0.29) is 19.6 Å². The van der Waals surface area contributed by atoms with E-state index in [0.717, 1.165) is 15.6 Å². The number of hydrogen-bond donors (Lipinski definition) is 0. The molecule has 0 saturated carbocycles. The van der Waals surface area contributed by atoms with Crippen molar-refractivity contribution >= 4 is 24.1 Å². The standard InChI is InChI=1S/C14H12OSe/c1-11-7-5-6-10-13(11)14(15)16-12-8-3-2-4-9-12/h2-10H,1H3. The molecule has 1 nitrogen and oxygen atoms in total. The summed E-state index contributed by atoms with van der Waals surface area (Å²) in [7, 11) is 0. The minimum absolute atomic E-state index is 0.118. The summed E-state index contributed by atoms with van der Waals surface area (Å²) >= 11 is -0.118. The van der Waals surface area contributed by atoms with Crippen LogP contribution in [0.2, 0.25) is 0 Å². The first-order valence-corrected chi connectivity index (χ1v) is 6.81. The minimum atomic E-state index is -0.118. The van der Waals surface area contributed by atoms with Gasteiger partial charge in [-0.1, -0.05) is 0 Å². The zero-order valence-corrected chi connectivity index (χ0v) is 10.7. The van der Waals surface area contributed by atoms with Crippen LogP contribution in [0.4, 0.5) is 0 Å². The Labute approximate surface area is 102 Å². The van der Waals surface area contributed by atoms with Gasteiger partial charge >= 0.3 is 102 Å². The summed E-state index contributed by atoms with van der Waals surface area (Å²) < 4.78 is 1.38.